The fraction of sp³-hybridized carbons (Fsp3) is 0. The Hall–Kier alpha value is -1.83. The van der Waals surface area contributed by atoms with E-state index < -0.39 is 11.5 Å². The van der Waals surface area contributed by atoms with Gasteiger partial charge in [0.2, 0.25) is 0 Å². The van der Waals surface area contributed by atoms with Crippen LogP contribution in [0.15, 0.2) is 29.2 Å². The van der Waals surface area contributed by atoms with E-state index in [1.807, 2.05) is 18.2 Å². The first kappa shape index (κ1) is 11.3. The van der Waals surface area contributed by atoms with Crippen molar-refractivity contribution in [2.45, 2.75) is 0 Å². The number of nitrogens with one attached hydrogen (secondary N) is 2. The third-order valence-electron chi connectivity index (χ3n) is 2.88. The molecule has 3 rings (SSSR count). The number of aromatic nitrogens is 2. The van der Waals surface area contributed by atoms with Crippen LogP contribution in [0.25, 0.3) is 21.8 Å². The van der Waals surface area contributed by atoms with Crippen LogP contribution in [0.1, 0.15) is 10.4 Å². The summed E-state index contributed by atoms with van der Waals surface area (Å²) in [6.07, 6.45) is 1.60. The van der Waals surface area contributed by atoms with Gasteiger partial charge in [0.1, 0.15) is 5.56 Å². The third kappa shape index (κ3) is 1.45. The van der Waals surface area contributed by atoms with Crippen LogP contribution >= 0.6 is 22.6 Å². The van der Waals surface area contributed by atoms with Crippen molar-refractivity contribution in [1.82, 2.24) is 9.97 Å². The number of halogens is 1. The average molecular weight is 353 g/mol. The van der Waals surface area contributed by atoms with Crippen LogP contribution in [-0.2, 0) is 0 Å². The molecular formula is C12H8IN3O2. The van der Waals surface area contributed by atoms with E-state index in [1.165, 1.54) is 0 Å². The van der Waals surface area contributed by atoms with E-state index in [4.69, 9.17) is 5.73 Å². The van der Waals surface area contributed by atoms with Gasteiger partial charge in [0.05, 0.1) is 5.52 Å². The molecule has 4 N–H and O–H groups in total. The van der Waals surface area contributed by atoms with Gasteiger partial charge in [-0.3, -0.25) is 9.59 Å². The fourth-order valence-corrected chi connectivity index (χ4v) is 2.92. The Labute approximate surface area is 115 Å². The minimum absolute atomic E-state index is 0.0282. The number of amides is 1. The molecule has 0 aliphatic carbocycles. The Bertz CT molecular complexity index is 848. The minimum Gasteiger partial charge on any atom is -0.365 e. The predicted octanol–water partition coefficient (Wildman–Crippen LogP) is 1.71. The number of fused-ring (bicyclic) bond motifs is 3. The van der Waals surface area contributed by atoms with Crippen molar-refractivity contribution in [2.24, 2.45) is 5.73 Å². The van der Waals surface area contributed by atoms with Crippen molar-refractivity contribution >= 4 is 50.3 Å². The van der Waals surface area contributed by atoms with E-state index in [0.717, 1.165) is 19.9 Å². The van der Waals surface area contributed by atoms with Gasteiger partial charge in [0, 0.05) is 26.1 Å². The molecular weight excluding hydrogens is 345 g/mol. The number of carbonyl (C=O) groups is 1. The maximum atomic E-state index is 11.7. The van der Waals surface area contributed by atoms with Crippen molar-refractivity contribution in [3.63, 3.8) is 0 Å². The number of pyridine rings is 1. The van der Waals surface area contributed by atoms with Crippen molar-refractivity contribution in [3.8, 4) is 0 Å². The maximum absolute atomic E-state index is 11.7. The van der Waals surface area contributed by atoms with Crippen LogP contribution in [0.2, 0.25) is 0 Å². The highest BCUT2D eigenvalue weighted by molar-refractivity contribution is 14.1. The highest BCUT2D eigenvalue weighted by atomic mass is 127. The van der Waals surface area contributed by atoms with Gasteiger partial charge in [-0.25, -0.2) is 0 Å². The first-order chi connectivity index (χ1) is 8.59. The van der Waals surface area contributed by atoms with E-state index in [9.17, 15) is 9.59 Å². The zero-order valence-electron chi connectivity index (χ0n) is 9.08. The number of nitrogens with two attached hydrogens (primary N) is 1. The smallest absolute Gasteiger partial charge is 0.262 e. The Balaban J connectivity index is 2.63. The zero-order chi connectivity index (χ0) is 12.9. The summed E-state index contributed by atoms with van der Waals surface area (Å²) >= 11 is 2.21. The average Bonchev–Trinajstić information content (AvgIpc) is 2.67. The first-order valence-electron chi connectivity index (χ1n) is 5.21. The predicted molar refractivity (Wildman–Crippen MR) is 77.7 cm³/mol. The summed E-state index contributed by atoms with van der Waals surface area (Å²) in [5.41, 5.74) is 6.12. The standard InChI is InChI=1S/C12H8IN3O2/c13-6-2-1-3-7-8(6)5-4-15-12(18)9(11(14)17)10(5)16-7/h1-4,16H,(H2,14,17)(H,15,18). The second-order valence-electron chi connectivity index (χ2n) is 3.93. The lowest BCUT2D eigenvalue weighted by Gasteiger charge is -1.97. The largest absolute Gasteiger partial charge is 0.365 e. The van der Waals surface area contributed by atoms with E-state index >= 15 is 0 Å². The normalized spacial score (nSPS) is 11.2. The molecule has 0 saturated heterocycles. The number of hydrogen-bond acceptors (Lipinski definition) is 2. The van der Waals surface area contributed by atoms with Crippen LogP contribution in [0, 0.1) is 3.57 Å². The summed E-state index contributed by atoms with van der Waals surface area (Å²) in [4.78, 5) is 28.7. The lowest BCUT2D eigenvalue weighted by Crippen LogP contribution is -2.23. The molecule has 18 heavy (non-hydrogen) atoms. The number of rotatable bonds is 1. The summed E-state index contributed by atoms with van der Waals surface area (Å²) in [6.45, 7) is 0. The van der Waals surface area contributed by atoms with Crippen molar-refractivity contribution in [1.29, 1.82) is 0 Å². The molecule has 1 aromatic carbocycles. The van der Waals surface area contributed by atoms with E-state index in [-0.39, 0.29) is 5.56 Å². The van der Waals surface area contributed by atoms with Crippen LogP contribution in [0.5, 0.6) is 0 Å². The monoisotopic (exact) mass is 353 g/mol. The highest BCUT2D eigenvalue weighted by Gasteiger charge is 2.16. The molecule has 0 aliphatic heterocycles. The summed E-state index contributed by atoms with van der Waals surface area (Å²) in [7, 11) is 0. The molecule has 2 heterocycles. The fourth-order valence-electron chi connectivity index (χ4n) is 2.13. The SMILES string of the molecule is NC(=O)c1c(=O)[nH]cc2c1[nH]c1cccc(I)c12. The van der Waals surface area contributed by atoms with Gasteiger partial charge < -0.3 is 15.7 Å². The quantitative estimate of drug-likeness (QED) is 0.582. The van der Waals surface area contributed by atoms with Crippen LogP contribution in [0.4, 0.5) is 0 Å². The number of H-pyrrole nitrogens is 2. The van der Waals surface area contributed by atoms with Gasteiger partial charge in [-0.05, 0) is 34.7 Å². The number of benzene rings is 1. The van der Waals surface area contributed by atoms with Crippen molar-refractivity contribution in [3.05, 3.63) is 43.9 Å². The Kier molecular flexibility index (Phi) is 2.40. The highest BCUT2D eigenvalue weighted by Crippen LogP contribution is 2.29. The summed E-state index contributed by atoms with van der Waals surface area (Å²) in [6, 6.07) is 5.77. The summed E-state index contributed by atoms with van der Waals surface area (Å²) in [5.74, 6) is -0.733. The molecule has 0 saturated carbocycles. The molecule has 0 fully saturated rings. The number of hydrogen-bond donors (Lipinski definition) is 3. The van der Waals surface area contributed by atoms with Gasteiger partial charge in [-0.15, -0.1) is 0 Å². The summed E-state index contributed by atoms with van der Waals surface area (Å²) in [5, 5.41) is 1.77. The molecule has 6 heteroatoms. The Morgan fingerprint density at radius 3 is 2.83 bits per heavy atom. The van der Waals surface area contributed by atoms with E-state index in [2.05, 4.69) is 32.6 Å². The Morgan fingerprint density at radius 2 is 2.11 bits per heavy atom. The second kappa shape index (κ2) is 3.84. The molecule has 90 valence electrons. The minimum atomic E-state index is -0.733. The van der Waals surface area contributed by atoms with Gasteiger partial charge >= 0.3 is 0 Å². The van der Waals surface area contributed by atoms with E-state index in [0.29, 0.717) is 5.52 Å². The molecule has 0 spiro atoms. The lowest BCUT2D eigenvalue weighted by atomic mass is 10.1. The topological polar surface area (TPSA) is 91.7 Å². The van der Waals surface area contributed by atoms with Crippen molar-refractivity contribution < 1.29 is 4.79 Å². The second-order valence-corrected chi connectivity index (χ2v) is 5.10. The van der Waals surface area contributed by atoms with Gasteiger partial charge in [0.25, 0.3) is 11.5 Å². The third-order valence-corrected chi connectivity index (χ3v) is 3.78. The zero-order valence-corrected chi connectivity index (χ0v) is 11.2. The van der Waals surface area contributed by atoms with Crippen LogP contribution in [-0.4, -0.2) is 15.9 Å². The maximum Gasteiger partial charge on any atom is 0.262 e. The molecule has 0 atom stereocenters. The molecule has 3 aromatic rings. The van der Waals surface area contributed by atoms with Crippen molar-refractivity contribution in [2.75, 3.05) is 0 Å². The number of carbonyl (C=O) groups excluding carboxylic acids is 1. The molecule has 1 amide bonds. The lowest BCUT2D eigenvalue weighted by molar-refractivity contribution is 0.100. The molecule has 0 radical (unpaired) electrons. The van der Waals surface area contributed by atoms with Gasteiger partial charge in [-0.2, -0.15) is 0 Å². The van der Waals surface area contributed by atoms with Crippen LogP contribution in [0.3, 0.4) is 0 Å². The molecule has 0 bridgehead atoms. The molecule has 2 aromatic heterocycles. The Morgan fingerprint density at radius 1 is 1.33 bits per heavy atom. The molecule has 0 unspecified atom stereocenters. The number of aromatic amines is 2. The first-order valence-corrected chi connectivity index (χ1v) is 6.29. The van der Waals surface area contributed by atoms with Crippen LogP contribution < -0.4 is 11.3 Å². The number of primary amides is 1. The van der Waals surface area contributed by atoms with E-state index in [1.54, 1.807) is 6.20 Å². The molecule has 5 nitrogen and oxygen atoms in total. The summed E-state index contributed by atoms with van der Waals surface area (Å²) < 4.78 is 1.04. The van der Waals surface area contributed by atoms with Gasteiger partial charge in [-0.1, -0.05) is 6.07 Å². The molecule has 0 aliphatic rings. The van der Waals surface area contributed by atoms with Gasteiger partial charge in [0.15, 0.2) is 0 Å².